The van der Waals surface area contributed by atoms with Crippen molar-refractivity contribution in [2.75, 3.05) is 11.5 Å². The van der Waals surface area contributed by atoms with Crippen LogP contribution in [0.1, 0.15) is 27.0 Å². The van der Waals surface area contributed by atoms with E-state index in [0.717, 1.165) is 11.8 Å². The van der Waals surface area contributed by atoms with Gasteiger partial charge in [-0.3, -0.25) is 4.79 Å². The molecule has 2 heterocycles. The number of benzene rings is 1. The molecule has 3 rings (SSSR count). The van der Waals surface area contributed by atoms with Crippen LogP contribution in [-0.2, 0) is 0 Å². The van der Waals surface area contributed by atoms with Crippen molar-refractivity contribution in [2.24, 2.45) is 0 Å². The van der Waals surface area contributed by atoms with Crippen LogP contribution in [0.25, 0.3) is 11.1 Å². The van der Waals surface area contributed by atoms with Crippen molar-refractivity contribution < 1.29 is 4.79 Å². The van der Waals surface area contributed by atoms with Crippen LogP contribution in [0.15, 0.2) is 46.1 Å². The minimum absolute atomic E-state index is 0.0241. The molecule has 2 N–H and O–H groups in total. The van der Waals surface area contributed by atoms with Gasteiger partial charge in [-0.25, -0.2) is 4.98 Å². The number of aromatic nitrogens is 1. The summed E-state index contributed by atoms with van der Waals surface area (Å²) >= 11 is 2.53. The highest BCUT2D eigenvalue weighted by atomic mass is 32.2. The van der Waals surface area contributed by atoms with Crippen LogP contribution in [0.2, 0.25) is 0 Å². The van der Waals surface area contributed by atoms with Crippen molar-refractivity contribution in [3.05, 3.63) is 63.3 Å². The maximum Gasteiger partial charge on any atom is 0.173 e. The minimum Gasteiger partial charge on any atom is -0.383 e. The maximum atomic E-state index is 12.4. The Kier molecular flexibility index (Phi) is 5.72. The number of nitrogen functional groups attached to an aromatic ring is 1. The predicted molar refractivity (Wildman–Crippen MR) is 108 cm³/mol. The number of ketones is 1. The lowest BCUT2D eigenvalue weighted by molar-refractivity contribution is 0.102. The molecule has 28 heavy (non-hydrogen) atoms. The largest absolute Gasteiger partial charge is 0.383 e. The Morgan fingerprint density at radius 2 is 1.79 bits per heavy atom. The highest BCUT2D eigenvalue weighted by Crippen LogP contribution is 2.36. The average molecular weight is 401 g/mol. The van der Waals surface area contributed by atoms with Gasteiger partial charge in [-0.15, -0.1) is 0 Å². The standard InChI is InChI=1S/C20H11N5OS2/c21-7-12-1-3-13(4-2-12)17(26)11-28-20-16(9-23)18(14-5-6-27-10-14)15(8-22)19(24)25-20/h1-6,10H,11H2,(H2,24,25). The first kappa shape index (κ1) is 19.1. The third-order valence-electron chi connectivity index (χ3n) is 3.90. The number of nitrogens with zero attached hydrogens (tertiary/aromatic N) is 4. The van der Waals surface area contributed by atoms with E-state index in [1.54, 1.807) is 30.3 Å². The molecule has 0 spiro atoms. The Hall–Kier alpha value is -3.64. The molecule has 0 aliphatic rings. The normalized spacial score (nSPS) is 9.89. The van der Waals surface area contributed by atoms with Crippen LogP contribution in [0.5, 0.6) is 0 Å². The number of Topliss-reactive ketones (excluding diaryl/α,β-unsaturated/α-hetero) is 1. The van der Waals surface area contributed by atoms with Gasteiger partial charge in [0.25, 0.3) is 0 Å². The molecule has 3 aromatic rings. The zero-order chi connectivity index (χ0) is 20.1. The second kappa shape index (κ2) is 8.37. The Bertz CT molecular complexity index is 1160. The van der Waals surface area contributed by atoms with Crippen molar-refractivity contribution in [2.45, 2.75) is 5.03 Å². The lowest BCUT2D eigenvalue weighted by Gasteiger charge is -2.11. The SMILES string of the molecule is N#Cc1ccc(C(=O)CSc2nc(N)c(C#N)c(-c3ccsc3)c2C#N)cc1. The number of rotatable bonds is 5. The Morgan fingerprint density at radius 3 is 2.36 bits per heavy atom. The van der Waals surface area contributed by atoms with Crippen molar-refractivity contribution in [1.29, 1.82) is 15.8 Å². The third-order valence-corrected chi connectivity index (χ3v) is 5.56. The van der Waals surface area contributed by atoms with E-state index in [4.69, 9.17) is 11.0 Å². The maximum absolute atomic E-state index is 12.4. The Morgan fingerprint density at radius 1 is 1.07 bits per heavy atom. The molecule has 0 unspecified atom stereocenters. The van der Waals surface area contributed by atoms with Crippen LogP contribution in [0, 0.1) is 34.0 Å². The van der Waals surface area contributed by atoms with Crippen LogP contribution in [0.3, 0.4) is 0 Å². The molecule has 0 atom stereocenters. The van der Waals surface area contributed by atoms with E-state index in [1.807, 2.05) is 22.9 Å². The number of nitriles is 3. The van der Waals surface area contributed by atoms with Crippen molar-refractivity contribution >= 4 is 34.7 Å². The van der Waals surface area contributed by atoms with Crippen molar-refractivity contribution in [3.63, 3.8) is 0 Å². The molecule has 0 saturated heterocycles. The Balaban J connectivity index is 1.94. The first-order valence-corrected chi connectivity index (χ1v) is 9.84. The van der Waals surface area contributed by atoms with Crippen molar-refractivity contribution in [1.82, 2.24) is 4.98 Å². The summed E-state index contributed by atoms with van der Waals surface area (Å²) in [4.78, 5) is 16.6. The fourth-order valence-electron chi connectivity index (χ4n) is 2.55. The number of hydrogen-bond donors (Lipinski definition) is 1. The van der Waals surface area contributed by atoms with Crippen LogP contribution in [-0.4, -0.2) is 16.5 Å². The summed E-state index contributed by atoms with van der Waals surface area (Å²) in [6.07, 6.45) is 0. The summed E-state index contributed by atoms with van der Waals surface area (Å²) in [5, 5.41) is 32.0. The first-order valence-electron chi connectivity index (χ1n) is 7.91. The van der Waals surface area contributed by atoms with Gasteiger partial charge in [-0.1, -0.05) is 23.9 Å². The first-order chi connectivity index (χ1) is 13.6. The van der Waals surface area contributed by atoms with Gasteiger partial charge in [0, 0.05) is 11.1 Å². The van der Waals surface area contributed by atoms with E-state index >= 15 is 0 Å². The summed E-state index contributed by atoms with van der Waals surface area (Å²) in [5.41, 5.74) is 8.40. The lowest BCUT2D eigenvalue weighted by atomic mass is 9.99. The molecular weight excluding hydrogens is 390 g/mol. The van der Waals surface area contributed by atoms with E-state index in [9.17, 15) is 15.3 Å². The number of carbonyl (C=O) groups excluding carboxylic acids is 1. The number of pyridine rings is 1. The summed E-state index contributed by atoms with van der Waals surface area (Å²) in [6.45, 7) is 0. The number of anilines is 1. The number of hydrogen-bond acceptors (Lipinski definition) is 8. The van der Waals surface area contributed by atoms with E-state index in [0.29, 0.717) is 27.3 Å². The summed E-state index contributed by atoms with van der Waals surface area (Å²) < 4.78 is 0. The second-order valence-electron chi connectivity index (χ2n) is 5.56. The quantitative estimate of drug-likeness (QED) is 0.506. The molecule has 0 aliphatic carbocycles. The van der Waals surface area contributed by atoms with Gasteiger partial charge >= 0.3 is 0 Å². The van der Waals surface area contributed by atoms with Crippen molar-refractivity contribution in [3.8, 4) is 29.3 Å². The Labute approximate surface area is 169 Å². The van der Waals surface area contributed by atoms with Gasteiger partial charge < -0.3 is 5.73 Å². The van der Waals surface area contributed by atoms with E-state index in [1.165, 1.54) is 11.3 Å². The third kappa shape index (κ3) is 3.72. The van der Waals surface area contributed by atoms with E-state index < -0.39 is 0 Å². The number of nitrogens with two attached hydrogens (primary N) is 1. The molecule has 2 aromatic heterocycles. The lowest BCUT2D eigenvalue weighted by Crippen LogP contribution is -2.06. The smallest absolute Gasteiger partial charge is 0.173 e. The molecule has 134 valence electrons. The molecule has 1 aromatic carbocycles. The molecule has 0 amide bonds. The van der Waals surface area contributed by atoms with Gasteiger partial charge in [-0.2, -0.15) is 27.1 Å². The fourth-order valence-corrected chi connectivity index (χ4v) is 4.08. The van der Waals surface area contributed by atoms with Gasteiger partial charge in [-0.05, 0) is 34.5 Å². The van der Waals surface area contributed by atoms with Gasteiger partial charge in [0.05, 0.1) is 22.9 Å². The highest BCUT2D eigenvalue weighted by Gasteiger charge is 2.21. The zero-order valence-corrected chi connectivity index (χ0v) is 16.0. The number of thioether (sulfide) groups is 1. The molecule has 0 saturated carbocycles. The number of thiophene rings is 1. The molecule has 8 heteroatoms. The van der Waals surface area contributed by atoms with Gasteiger partial charge in [0.15, 0.2) is 5.78 Å². The summed E-state index contributed by atoms with van der Waals surface area (Å²) in [5.74, 6) is -0.0987. The van der Waals surface area contributed by atoms with E-state index in [-0.39, 0.29) is 28.5 Å². The van der Waals surface area contributed by atoms with Gasteiger partial charge in [0.1, 0.15) is 28.5 Å². The zero-order valence-electron chi connectivity index (χ0n) is 14.3. The van der Waals surface area contributed by atoms with Crippen LogP contribution >= 0.6 is 23.1 Å². The van der Waals surface area contributed by atoms with Crippen LogP contribution in [0.4, 0.5) is 5.82 Å². The minimum atomic E-state index is -0.166. The average Bonchev–Trinajstić information content (AvgIpc) is 3.25. The molecule has 0 aliphatic heterocycles. The molecule has 0 fully saturated rings. The monoisotopic (exact) mass is 401 g/mol. The molecule has 0 radical (unpaired) electrons. The predicted octanol–water partition coefficient (Wildman–Crippen LogP) is 3.98. The fraction of sp³-hybridized carbons (Fsp3) is 0.0500. The summed E-state index contributed by atoms with van der Waals surface area (Å²) in [7, 11) is 0. The second-order valence-corrected chi connectivity index (χ2v) is 7.31. The molecule has 6 nitrogen and oxygen atoms in total. The van der Waals surface area contributed by atoms with Crippen LogP contribution < -0.4 is 5.73 Å². The highest BCUT2D eigenvalue weighted by molar-refractivity contribution is 8.00. The van der Waals surface area contributed by atoms with Gasteiger partial charge in [0.2, 0.25) is 0 Å². The number of carbonyl (C=O) groups is 1. The molecule has 0 bridgehead atoms. The summed E-state index contributed by atoms with van der Waals surface area (Å²) in [6, 6.07) is 14.2. The van der Waals surface area contributed by atoms with E-state index in [2.05, 4.69) is 11.1 Å². The topological polar surface area (TPSA) is 127 Å². The molecular formula is C20H11N5OS2.